The van der Waals surface area contributed by atoms with Crippen LogP contribution in [0.3, 0.4) is 0 Å². The van der Waals surface area contributed by atoms with Crippen molar-refractivity contribution in [3.63, 3.8) is 0 Å². The van der Waals surface area contributed by atoms with Crippen molar-refractivity contribution in [1.82, 2.24) is 9.97 Å². The Kier molecular flexibility index (Phi) is 1.92. The van der Waals surface area contributed by atoms with Crippen LogP contribution in [0.4, 0.5) is 0 Å². The Morgan fingerprint density at radius 2 is 2.31 bits per heavy atom. The average molecular weight is 239 g/mol. The van der Waals surface area contributed by atoms with Gasteiger partial charge in [0.25, 0.3) is 0 Å². The van der Waals surface area contributed by atoms with Gasteiger partial charge in [0.05, 0.1) is 11.0 Å². The lowest BCUT2D eigenvalue weighted by Gasteiger charge is -1.92. The first-order valence-corrected chi connectivity index (χ1v) is 4.62. The molecule has 0 saturated carbocycles. The number of aromatic nitrogens is 2. The van der Waals surface area contributed by atoms with Gasteiger partial charge in [-0.3, -0.25) is 4.79 Å². The third-order valence-corrected chi connectivity index (χ3v) is 2.29. The number of aryl methyl sites for hydroxylation is 1. The summed E-state index contributed by atoms with van der Waals surface area (Å²) in [7, 11) is 0. The van der Waals surface area contributed by atoms with Gasteiger partial charge in [-0.1, -0.05) is 0 Å². The van der Waals surface area contributed by atoms with Crippen molar-refractivity contribution in [2.75, 3.05) is 0 Å². The number of halogens is 1. The second kappa shape index (κ2) is 2.96. The van der Waals surface area contributed by atoms with Crippen molar-refractivity contribution in [2.45, 2.75) is 6.92 Å². The van der Waals surface area contributed by atoms with Crippen LogP contribution in [0.5, 0.6) is 0 Å². The fourth-order valence-electron chi connectivity index (χ4n) is 1.26. The lowest BCUT2D eigenvalue weighted by atomic mass is 10.2. The zero-order valence-electron chi connectivity index (χ0n) is 6.97. The van der Waals surface area contributed by atoms with Gasteiger partial charge in [0, 0.05) is 5.56 Å². The van der Waals surface area contributed by atoms with E-state index in [1.165, 1.54) is 0 Å². The van der Waals surface area contributed by atoms with E-state index in [4.69, 9.17) is 0 Å². The molecule has 13 heavy (non-hydrogen) atoms. The molecular formula is C9H7BrN2O. The standard InChI is InChI=1S/C9H7BrN2O/c1-5-11-7-3-2-6(9(10)13)4-8(7)12-5/h2-4H,1H3,(H,11,12). The van der Waals surface area contributed by atoms with Crippen LogP contribution < -0.4 is 0 Å². The number of rotatable bonds is 1. The van der Waals surface area contributed by atoms with E-state index in [1.54, 1.807) is 12.1 Å². The predicted molar refractivity (Wildman–Crippen MR) is 54.1 cm³/mol. The zero-order chi connectivity index (χ0) is 9.42. The largest absolute Gasteiger partial charge is 0.342 e. The van der Waals surface area contributed by atoms with E-state index < -0.39 is 0 Å². The van der Waals surface area contributed by atoms with Crippen molar-refractivity contribution in [3.8, 4) is 0 Å². The highest BCUT2D eigenvalue weighted by Gasteiger charge is 2.04. The minimum absolute atomic E-state index is 0.110. The van der Waals surface area contributed by atoms with Gasteiger partial charge in [-0.05, 0) is 41.1 Å². The van der Waals surface area contributed by atoms with Crippen LogP contribution in [0.1, 0.15) is 16.2 Å². The highest BCUT2D eigenvalue weighted by atomic mass is 79.9. The van der Waals surface area contributed by atoms with Crippen molar-refractivity contribution >= 4 is 31.7 Å². The summed E-state index contributed by atoms with van der Waals surface area (Å²) in [5, 5.41) is 0. The first-order chi connectivity index (χ1) is 6.16. The minimum atomic E-state index is -0.110. The summed E-state index contributed by atoms with van der Waals surface area (Å²) >= 11 is 2.90. The molecule has 2 aromatic rings. The fraction of sp³-hybridized carbons (Fsp3) is 0.111. The summed E-state index contributed by atoms with van der Waals surface area (Å²) in [6, 6.07) is 5.36. The van der Waals surface area contributed by atoms with Crippen molar-refractivity contribution in [2.24, 2.45) is 0 Å². The van der Waals surface area contributed by atoms with Crippen LogP contribution in [-0.2, 0) is 0 Å². The van der Waals surface area contributed by atoms with Crippen LogP contribution >= 0.6 is 15.9 Å². The Hall–Kier alpha value is -1.16. The fourth-order valence-corrected chi connectivity index (χ4v) is 1.51. The third-order valence-electron chi connectivity index (χ3n) is 1.83. The molecule has 0 radical (unpaired) electrons. The summed E-state index contributed by atoms with van der Waals surface area (Å²) in [6.07, 6.45) is 0. The van der Waals surface area contributed by atoms with Crippen LogP contribution in [0.15, 0.2) is 18.2 Å². The number of H-pyrrole nitrogens is 1. The van der Waals surface area contributed by atoms with Gasteiger partial charge in [0.1, 0.15) is 5.82 Å². The molecule has 0 saturated heterocycles. The number of fused-ring (bicyclic) bond motifs is 1. The highest BCUT2D eigenvalue weighted by Crippen LogP contribution is 2.15. The molecule has 0 bridgehead atoms. The van der Waals surface area contributed by atoms with Crippen LogP contribution in [0.2, 0.25) is 0 Å². The maximum atomic E-state index is 11.0. The molecule has 0 unspecified atom stereocenters. The number of hydrogen-bond donors (Lipinski definition) is 1. The van der Waals surface area contributed by atoms with Crippen molar-refractivity contribution in [3.05, 3.63) is 29.6 Å². The van der Waals surface area contributed by atoms with E-state index in [2.05, 4.69) is 25.9 Å². The van der Waals surface area contributed by atoms with Gasteiger partial charge in [0.2, 0.25) is 4.69 Å². The van der Waals surface area contributed by atoms with Gasteiger partial charge < -0.3 is 4.98 Å². The Morgan fingerprint density at radius 3 is 3.00 bits per heavy atom. The van der Waals surface area contributed by atoms with Gasteiger partial charge in [0.15, 0.2) is 0 Å². The lowest BCUT2D eigenvalue weighted by Crippen LogP contribution is -1.86. The van der Waals surface area contributed by atoms with Gasteiger partial charge >= 0.3 is 0 Å². The first-order valence-electron chi connectivity index (χ1n) is 3.83. The molecule has 4 heteroatoms. The van der Waals surface area contributed by atoms with E-state index in [9.17, 15) is 4.79 Å². The molecule has 1 aromatic carbocycles. The van der Waals surface area contributed by atoms with E-state index in [0.717, 1.165) is 16.9 Å². The Balaban J connectivity index is 2.67. The lowest BCUT2D eigenvalue weighted by molar-refractivity contribution is 0.109. The number of nitrogens with one attached hydrogen (secondary N) is 1. The molecule has 0 fully saturated rings. The van der Waals surface area contributed by atoms with E-state index >= 15 is 0 Å². The number of aromatic amines is 1. The number of benzene rings is 1. The molecule has 1 heterocycles. The van der Waals surface area contributed by atoms with Crippen LogP contribution in [-0.4, -0.2) is 14.7 Å². The molecule has 2 rings (SSSR count). The second-order valence-electron chi connectivity index (χ2n) is 2.83. The van der Waals surface area contributed by atoms with Crippen LogP contribution in [0.25, 0.3) is 11.0 Å². The third kappa shape index (κ3) is 1.49. The Bertz CT molecular complexity index is 475. The highest BCUT2D eigenvalue weighted by molar-refractivity contribution is 9.18. The predicted octanol–water partition coefficient (Wildman–Crippen LogP) is 2.41. The zero-order valence-corrected chi connectivity index (χ0v) is 8.55. The second-order valence-corrected chi connectivity index (χ2v) is 3.55. The smallest absolute Gasteiger partial charge is 0.228 e. The molecule has 0 aliphatic heterocycles. The maximum Gasteiger partial charge on any atom is 0.228 e. The van der Waals surface area contributed by atoms with Gasteiger partial charge in [-0.25, -0.2) is 4.98 Å². The molecule has 0 amide bonds. The summed E-state index contributed by atoms with van der Waals surface area (Å²) < 4.78 is -0.110. The molecule has 0 atom stereocenters. The van der Waals surface area contributed by atoms with Crippen molar-refractivity contribution in [1.29, 1.82) is 0 Å². The SMILES string of the molecule is Cc1nc2ccc(C(=O)Br)cc2[nH]1. The Labute approximate surface area is 83.3 Å². The normalized spacial score (nSPS) is 10.6. The number of carbonyl (C=O) groups is 1. The number of imidazole rings is 1. The monoisotopic (exact) mass is 238 g/mol. The molecule has 0 aliphatic rings. The average Bonchev–Trinajstić information content (AvgIpc) is 2.42. The quantitative estimate of drug-likeness (QED) is 0.776. The first kappa shape index (κ1) is 8.44. The van der Waals surface area contributed by atoms with E-state index in [0.29, 0.717) is 5.56 Å². The van der Waals surface area contributed by atoms with Crippen LogP contribution in [0, 0.1) is 6.92 Å². The Morgan fingerprint density at radius 1 is 1.54 bits per heavy atom. The molecule has 1 N–H and O–H groups in total. The van der Waals surface area contributed by atoms with E-state index in [-0.39, 0.29) is 4.69 Å². The molecule has 0 aliphatic carbocycles. The van der Waals surface area contributed by atoms with Gasteiger partial charge in [-0.2, -0.15) is 0 Å². The number of nitrogens with zero attached hydrogens (tertiary/aromatic N) is 1. The summed E-state index contributed by atoms with van der Waals surface area (Å²) in [4.78, 5) is 18.3. The number of hydrogen-bond acceptors (Lipinski definition) is 2. The molecule has 0 spiro atoms. The number of carbonyl (C=O) groups excluding carboxylic acids is 1. The maximum absolute atomic E-state index is 11.0. The minimum Gasteiger partial charge on any atom is -0.342 e. The molecule has 3 nitrogen and oxygen atoms in total. The summed E-state index contributed by atoms with van der Waals surface area (Å²) in [5.41, 5.74) is 2.41. The van der Waals surface area contributed by atoms with E-state index in [1.807, 2.05) is 13.0 Å². The summed E-state index contributed by atoms with van der Waals surface area (Å²) in [5.74, 6) is 0.856. The van der Waals surface area contributed by atoms with Crippen molar-refractivity contribution < 1.29 is 4.79 Å². The molecule has 66 valence electrons. The molecule has 1 aromatic heterocycles. The van der Waals surface area contributed by atoms with Gasteiger partial charge in [-0.15, -0.1) is 0 Å². The topological polar surface area (TPSA) is 45.8 Å². The summed E-state index contributed by atoms with van der Waals surface area (Å²) in [6.45, 7) is 1.88. The molecular weight excluding hydrogens is 232 g/mol.